The van der Waals surface area contributed by atoms with Gasteiger partial charge in [-0.1, -0.05) is 13.8 Å². The van der Waals surface area contributed by atoms with Crippen molar-refractivity contribution in [3.05, 3.63) is 20.8 Å². The van der Waals surface area contributed by atoms with Gasteiger partial charge in [-0.3, -0.25) is 4.79 Å². The highest BCUT2D eigenvalue weighted by atomic mass is 79.9. The molecule has 4 heteroatoms. The molecule has 1 aromatic rings. The fraction of sp³-hybridized carbons (Fsp3) is 0.545. The fourth-order valence-electron chi connectivity index (χ4n) is 2.20. The van der Waals surface area contributed by atoms with Gasteiger partial charge in [-0.05, 0) is 33.8 Å². The zero-order valence-electron chi connectivity index (χ0n) is 8.96. The van der Waals surface area contributed by atoms with Crippen LogP contribution in [0.15, 0.2) is 15.9 Å². The van der Waals surface area contributed by atoms with Crippen LogP contribution in [0.5, 0.6) is 0 Å². The molecule has 0 bridgehead atoms. The third-order valence-electron chi connectivity index (χ3n) is 3.26. The van der Waals surface area contributed by atoms with E-state index in [9.17, 15) is 4.79 Å². The maximum Gasteiger partial charge on any atom is 0.317 e. The lowest BCUT2D eigenvalue weighted by atomic mass is 9.94. The van der Waals surface area contributed by atoms with E-state index in [1.54, 1.807) is 11.3 Å². The third-order valence-corrected chi connectivity index (χ3v) is 5.11. The molecule has 1 atom stereocenters. The number of hydrogen-bond acceptors (Lipinski definition) is 3. The second-order valence-corrected chi connectivity index (χ2v) is 6.41. The number of carbonyl (C=O) groups excluding carboxylic acids is 1. The molecule has 1 aromatic heterocycles. The first-order chi connectivity index (χ1) is 6.94. The zero-order chi connectivity index (χ0) is 11.3. The molecule has 0 amide bonds. The van der Waals surface area contributed by atoms with Crippen LogP contribution in [0.4, 0.5) is 0 Å². The SMILES string of the molecule is COC(=O)C1(c2cc(Br)cs2)CC1(C)C. The quantitative estimate of drug-likeness (QED) is 0.780. The fourth-order valence-corrected chi connectivity index (χ4v) is 4.00. The minimum atomic E-state index is -0.404. The topological polar surface area (TPSA) is 26.3 Å². The maximum atomic E-state index is 11.9. The monoisotopic (exact) mass is 288 g/mol. The molecule has 1 saturated carbocycles. The summed E-state index contributed by atoms with van der Waals surface area (Å²) in [6.45, 7) is 4.22. The van der Waals surface area contributed by atoms with E-state index in [4.69, 9.17) is 4.74 Å². The average Bonchev–Trinajstić information content (AvgIpc) is 2.56. The first-order valence-corrected chi connectivity index (χ1v) is 6.44. The smallest absolute Gasteiger partial charge is 0.317 e. The summed E-state index contributed by atoms with van der Waals surface area (Å²) in [5, 5.41) is 2.01. The molecule has 0 saturated heterocycles. The largest absolute Gasteiger partial charge is 0.468 e. The summed E-state index contributed by atoms with van der Waals surface area (Å²) in [4.78, 5) is 13.0. The Kier molecular flexibility index (Phi) is 2.47. The van der Waals surface area contributed by atoms with Crippen LogP contribution in [0.1, 0.15) is 25.1 Å². The first-order valence-electron chi connectivity index (χ1n) is 4.77. The minimum Gasteiger partial charge on any atom is -0.468 e. The highest BCUT2D eigenvalue weighted by molar-refractivity contribution is 9.10. The van der Waals surface area contributed by atoms with E-state index in [0.29, 0.717) is 0 Å². The molecule has 1 aliphatic rings. The highest BCUT2D eigenvalue weighted by Crippen LogP contribution is 2.66. The van der Waals surface area contributed by atoms with Gasteiger partial charge in [0.05, 0.1) is 7.11 Å². The zero-order valence-corrected chi connectivity index (χ0v) is 11.4. The summed E-state index contributed by atoms with van der Waals surface area (Å²) in [6.07, 6.45) is 0.875. The van der Waals surface area contributed by atoms with Crippen LogP contribution in [-0.4, -0.2) is 13.1 Å². The minimum absolute atomic E-state index is 0.0182. The molecule has 1 fully saturated rings. The van der Waals surface area contributed by atoms with E-state index in [1.165, 1.54) is 7.11 Å². The van der Waals surface area contributed by atoms with E-state index >= 15 is 0 Å². The van der Waals surface area contributed by atoms with E-state index in [0.717, 1.165) is 15.8 Å². The molecule has 2 rings (SSSR count). The summed E-state index contributed by atoms with van der Waals surface area (Å²) in [7, 11) is 1.46. The molecule has 0 spiro atoms. The van der Waals surface area contributed by atoms with Crippen molar-refractivity contribution < 1.29 is 9.53 Å². The molecule has 82 valence electrons. The molecule has 2 nitrogen and oxygen atoms in total. The number of ether oxygens (including phenoxy) is 1. The molecule has 0 N–H and O–H groups in total. The highest BCUT2D eigenvalue weighted by Gasteiger charge is 2.68. The Balaban J connectivity index is 2.43. The second-order valence-electron chi connectivity index (χ2n) is 4.59. The molecule has 0 radical (unpaired) electrons. The van der Waals surface area contributed by atoms with Gasteiger partial charge >= 0.3 is 5.97 Å². The van der Waals surface area contributed by atoms with Crippen LogP contribution in [-0.2, 0) is 14.9 Å². The van der Waals surface area contributed by atoms with E-state index in [2.05, 4.69) is 29.8 Å². The summed E-state index contributed by atoms with van der Waals surface area (Å²) in [5.74, 6) is -0.109. The van der Waals surface area contributed by atoms with Crippen molar-refractivity contribution in [3.63, 3.8) is 0 Å². The molecule has 0 aliphatic heterocycles. The van der Waals surface area contributed by atoms with E-state index in [1.807, 2.05) is 11.4 Å². The number of hydrogen-bond donors (Lipinski definition) is 0. The lowest BCUT2D eigenvalue weighted by Gasteiger charge is -2.15. The Morgan fingerprint density at radius 3 is 2.53 bits per heavy atom. The van der Waals surface area contributed by atoms with Gasteiger partial charge in [0.2, 0.25) is 0 Å². The predicted octanol–water partition coefficient (Wildman–Crippen LogP) is 3.35. The van der Waals surface area contributed by atoms with Crippen molar-refractivity contribution in [1.29, 1.82) is 0 Å². The van der Waals surface area contributed by atoms with Gasteiger partial charge in [0.1, 0.15) is 5.41 Å². The van der Waals surface area contributed by atoms with Crippen LogP contribution in [0.25, 0.3) is 0 Å². The number of halogens is 1. The normalized spacial score (nSPS) is 27.5. The standard InChI is InChI=1S/C11H13BrO2S/c1-10(2)6-11(10,9(13)14-3)8-4-7(12)5-15-8/h4-5H,6H2,1-3H3. The summed E-state index contributed by atoms with van der Waals surface area (Å²) in [5.41, 5.74) is -0.386. The van der Waals surface area contributed by atoms with Gasteiger partial charge in [0.25, 0.3) is 0 Å². The van der Waals surface area contributed by atoms with Crippen molar-refractivity contribution in [2.45, 2.75) is 25.7 Å². The molecular weight excluding hydrogens is 276 g/mol. The van der Waals surface area contributed by atoms with Crippen molar-refractivity contribution in [2.24, 2.45) is 5.41 Å². The van der Waals surface area contributed by atoms with Gasteiger partial charge in [-0.15, -0.1) is 11.3 Å². The average molecular weight is 289 g/mol. The van der Waals surface area contributed by atoms with Gasteiger partial charge in [0.15, 0.2) is 0 Å². The molecule has 1 aliphatic carbocycles. The van der Waals surface area contributed by atoms with E-state index < -0.39 is 5.41 Å². The van der Waals surface area contributed by atoms with E-state index in [-0.39, 0.29) is 11.4 Å². The molecule has 1 unspecified atom stereocenters. The molecule has 1 heterocycles. The van der Waals surface area contributed by atoms with Gasteiger partial charge in [-0.2, -0.15) is 0 Å². The molecule has 15 heavy (non-hydrogen) atoms. The van der Waals surface area contributed by atoms with Gasteiger partial charge < -0.3 is 4.74 Å². The number of thiophene rings is 1. The molecular formula is C11H13BrO2S. The maximum absolute atomic E-state index is 11.9. The van der Waals surface area contributed by atoms with Crippen LogP contribution >= 0.6 is 27.3 Å². The Hall–Kier alpha value is -0.350. The summed E-state index contributed by atoms with van der Waals surface area (Å²) in [6, 6.07) is 2.02. The van der Waals surface area contributed by atoms with Crippen molar-refractivity contribution in [3.8, 4) is 0 Å². The van der Waals surface area contributed by atoms with Crippen LogP contribution in [0.2, 0.25) is 0 Å². The first kappa shape index (κ1) is 11.1. The predicted molar refractivity (Wildman–Crippen MR) is 64.1 cm³/mol. The summed E-state index contributed by atoms with van der Waals surface area (Å²) < 4.78 is 5.96. The number of methoxy groups -OCH3 is 1. The Morgan fingerprint density at radius 2 is 2.20 bits per heavy atom. The number of carbonyl (C=O) groups is 1. The second kappa shape index (κ2) is 3.32. The Labute approximate surface area is 102 Å². The van der Waals surface area contributed by atoms with Crippen LogP contribution < -0.4 is 0 Å². The van der Waals surface area contributed by atoms with Gasteiger partial charge in [0, 0.05) is 14.7 Å². The third kappa shape index (κ3) is 1.46. The van der Waals surface area contributed by atoms with Gasteiger partial charge in [-0.25, -0.2) is 0 Å². The Morgan fingerprint density at radius 1 is 1.60 bits per heavy atom. The van der Waals surface area contributed by atoms with Crippen LogP contribution in [0, 0.1) is 5.41 Å². The van der Waals surface area contributed by atoms with Crippen molar-refractivity contribution >= 4 is 33.2 Å². The lowest BCUT2D eigenvalue weighted by Crippen LogP contribution is -2.26. The van der Waals surface area contributed by atoms with Crippen molar-refractivity contribution in [2.75, 3.05) is 7.11 Å². The number of esters is 1. The number of rotatable bonds is 2. The molecule has 0 aromatic carbocycles. The van der Waals surface area contributed by atoms with Crippen LogP contribution in [0.3, 0.4) is 0 Å². The Bertz CT molecular complexity index is 410. The lowest BCUT2D eigenvalue weighted by molar-refractivity contribution is -0.144. The van der Waals surface area contributed by atoms with Crippen molar-refractivity contribution in [1.82, 2.24) is 0 Å². The summed E-state index contributed by atoms with van der Waals surface area (Å²) >= 11 is 5.04.